The molecule has 0 aromatic heterocycles. The van der Waals surface area contributed by atoms with Crippen molar-refractivity contribution >= 4 is 0 Å². The summed E-state index contributed by atoms with van der Waals surface area (Å²) in [4.78, 5) is 0. The van der Waals surface area contributed by atoms with Gasteiger partial charge in [-0.05, 0) is 24.0 Å². The second-order valence-electron chi connectivity index (χ2n) is 4.73. The number of hydrogen-bond acceptors (Lipinski definition) is 3. The van der Waals surface area contributed by atoms with Gasteiger partial charge in [0.1, 0.15) is 0 Å². The maximum Gasteiger partial charge on any atom is 0.0560 e. The van der Waals surface area contributed by atoms with Gasteiger partial charge in [-0.1, -0.05) is 24.3 Å². The van der Waals surface area contributed by atoms with Crippen molar-refractivity contribution in [2.45, 2.75) is 24.8 Å². The fourth-order valence-corrected chi connectivity index (χ4v) is 2.58. The highest BCUT2D eigenvalue weighted by atomic mass is 16.5. The van der Waals surface area contributed by atoms with Crippen molar-refractivity contribution in [2.75, 3.05) is 26.9 Å². The molecule has 94 valence electrons. The highest BCUT2D eigenvalue weighted by molar-refractivity contribution is 5.31. The van der Waals surface area contributed by atoms with E-state index >= 15 is 0 Å². The van der Waals surface area contributed by atoms with Crippen LogP contribution in [0.5, 0.6) is 0 Å². The average molecular weight is 235 g/mol. The molecule has 2 N–H and O–H groups in total. The Balaban J connectivity index is 2.30. The Morgan fingerprint density at radius 2 is 2.12 bits per heavy atom. The van der Waals surface area contributed by atoms with Gasteiger partial charge in [0.15, 0.2) is 0 Å². The fourth-order valence-electron chi connectivity index (χ4n) is 2.58. The molecule has 0 amide bonds. The molecule has 3 nitrogen and oxygen atoms in total. The lowest BCUT2D eigenvalue weighted by Crippen LogP contribution is -2.38. The third kappa shape index (κ3) is 2.68. The Hall–Kier alpha value is -0.900. The summed E-state index contributed by atoms with van der Waals surface area (Å²) < 4.78 is 10.9. The van der Waals surface area contributed by atoms with Gasteiger partial charge in [-0.15, -0.1) is 0 Å². The number of nitrogens with two attached hydrogens (primary N) is 1. The molecular weight excluding hydrogens is 214 g/mol. The van der Waals surface area contributed by atoms with E-state index in [0.717, 1.165) is 32.7 Å². The number of hydrogen-bond donors (Lipinski definition) is 1. The first-order chi connectivity index (χ1) is 8.30. The van der Waals surface area contributed by atoms with Gasteiger partial charge in [0.05, 0.1) is 6.61 Å². The van der Waals surface area contributed by atoms with Crippen LogP contribution >= 0.6 is 0 Å². The van der Waals surface area contributed by atoms with Crippen molar-refractivity contribution in [3.8, 4) is 0 Å². The Morgan fingerprint density at radius 1 is 1.35 bits per heavy atom. The Bertz CT molecular complexity index is 353. The van der Waals surface area contributed by atoms with Gasteiger partial charge in [-0.25, -0.2) is 0 Å². The zero-order valence-corrected chi connectivity index (χ0v) is 10.4. The topological polar surface area (TPSA) is 44.5 Å². The number of methoxy groups -OCH3 is 1. The van der Waals surface area contributed by atoms with Crippen LogP contribution in [0.1, 0.15) is 24.0 Å². The largest absolute Gasteiger partial charge is 0.384 e. The predicted octanol–water partition coefficient (Wildman–Crippen LogP) is 1.84. The van der Waals surface area contributed by atoms with Crippen molar-refractivity contribution in [3.05, 3.63) is 35.4 Å². The first-order valence-electron chi connectivity index (χ1n) is 6.17. The highest BCUT2D eigenvalue weighted by Crippen LogP contribution is 2.35. The van der Waals surface area contributed by atoms with Crippen LogP contribution in [-0.2, 0) is 21.4 Å². The molecule has 1 fully saturated rings. The van der Waals surface area contributed by atoms with Crippen molar-refractivity contribution < 1.29 is 9.47 Å². The van der Waals surface area contributed by atoms with Crippen LogP contribution in [0, 0.1) is 0 Å². The van der Waals surface area contributed by atoms with Crippen LogP contribution in [0.4, 0.5) is 0 Å². The van der Waals surface area contributed by atoms with Gasteiger partial charge in [0.2, 0.25) is 0 Å². The van der Waals surface area contributed by atoms with Crippen LogP contribution in [0.3, 0.4) is 0 Å². The summed E-state index contributed by atoms with van der Waals surface area (Å²) in [5.41, 5.74) is 8.34. The molecule has 3 heteroatoms. The number of ether oxygens (including phenoxy) is 2. The first-order valence-corrected chi connectivity index (χ1v) is 6.17. The summed E-state index contributed by atoms with van der Waals surface area (Å²) in [6.45, 7) is 2.98. The maximum atomic E-state index is 5.71. The molecule has 0 bridgehead atoms. The van der Waals surface area contributed by atoms with Gasteiger partial charge < -0.3 is 15.2 Å². The summed E-state index contributed by atoms with van der Waals surface area (Å²) in [5.74, 6) is 0. The molecule has 0 spiro atoms. The molecule has 2 rings (SSSR count). The molecular formula is C14H21NO2. The normalized spacial score (nSPS) is 19.2. The average Bonchev–Trinajstić information content (AvgIpc) is 2.40. The van der Waals surface area contributed by atoms with E-state index in [1.54, 1.807) is 7.11 Å². The van der Waals surface area contributed by atoms with Crippen molar-refractivity contribution in [1.82, 2.24) is 0 Å². The fraction of sp³-hybridized carbons (Fsp3) is 0.571. The third-order valence-electron chi connectivity index (χ3n) is 3.65. The standard InChI is InChI=1S/C14H21NO2/c1-16-11-14(5-7-17-8-6-14)13-4-2-3-12(9-13)10-15/h2-4,9H,5-8,10-11,15H2,1H3. The molecule has 1 heterocycles. The van der Waals surface area contributed by atoms with Crippen molar-refractivity contribution in [2.24, 2.45) is 5.73 Å². The highest BCUT2D eigenvalue weighted by Gasteiger charge is 2.34. The van der Waals surface area contributed by atoms with Gasteiger partial charge in [0.25, 0.3) is 0 Å². The van der Waals surface area contributed by atoms with Crippen LogP contribution in [-0.4, -0.2) is 26.9 Å². The molecule has 1 aromatic rings. The van der Waals surface area contributed by atoms with E-state index in [9.17, 15) is 0 Å². The zero-order chi connectivity index (χ0) is 12.1. The van der Waals surface area contributed by atoms with Gasteiger partial charge in [0, 0.05) is 32.3 Å². The van der Waals surface area contributed by atoms with Crippen LogP contribution in [0.2, 0.25) is 0 Å². The van der Waals surface area contributed by atoms with E-state index in [0.29, 0.717) is 6.54 Å². The van der Waals surface area contributed by atoms with Crippen LogP contribution in [0.15, 0.2) is 24.3 Å². The Kier molecular flexibility index (Phi) is 4.15. The summed E-state index contributed by atoms with van der Waals surface area (Å²) in [5, 5.41) is 0. The molecule has 17 heavy (non-hydrogen) atoms. The molecule has 0 saturated carbocycles. The second-order valence-corrected chi connectivity index (χ2v) is 4.73. The Labute approximate surface area is 103 Å². The van der Waals surface area contributed by atoms with Crippen molar-refractivity contribution in [1.29, 1.82) is 0 Å². The maximum absolute atomic E-state index is 5.71. The third-order valence-corrected chi connectivity index (χ3v) is 3.65. The number of benzene rings is 1. The number of rotatable bonds is 4. The summed E-state index contributed by atoms with van der Waals surface area (Å²) >= 11 is 0. The molecule has 0 atom stereocenters. The molecule has 0 unspecified atom stereocenters. The summed E-state index contributed by atoms with van der Waals surface area (Å²) in [7, 11) is 1.77. The lowest BCUT2D eigenvalue weighted by molar-refractivity contribution is 0.0136. The first kappa shape index (κ1) is 12.6. The molecule has 1 aliphatic rings. The van der Waals surface area contributed by atoms with E-state index in [1.165, 1.54) is 11.1 Å². The lowest BCUT2D eigenvalue weighted by atomic mass is 9.74. The molecule has 0 aliphatic carbocycles. The van der Waals surface area contributed by atoms with Gasteiger partial charge in [-0.2, -0.15) is 0 Å². The van der Waals surface area contributed by atoms with E-state index in [1.807, 2.05) is 0 Å². The minimum Gasteiger partial charge on any atom is -0.384 e. The van der Waals surface area contributed by atoms with Crippen LogP contribution in [0.25, 0.3) is 0 Å². The Morgan fingerprint density at radius 3 is 2.76 bits per heavy atom. The van der Waals surface area contributed by atoms with Crippen molar-refractivity contribution in [3.63, 3.8) is 0 Å². The van der Waals surface area contributed by atoms with Gasteiger partial charge in [-0.3, -0.25) is 0 Å². The lowest BCUT2D eigenvalue weighted by Gasteiger charge is -2.37. The minimum atomic E-state index is 0.109. The van der Waals surface area contributed by atoms with E-state index in [-0.39, 0.29) is 5.41 Å². The molecule has 1 saturated heterocycles. The predicted molar refractivity (Wildman–Crippen MR) is 67.9 cm³/mol. The van der Waals surface area contributed by atoms with Crippen LogP contribution < -0.4 is 5.73 Å². The summed E-state index contributed by atoms with van der Waals surface area (Å²) in [6, 6.07) is 8.56. The monoisotopic (exact) mass is 235 g/mol. The molecule has 1 aromatic carbocycles. The van der Waals surface area contributed by atoms with Gasteiger partial charge >= 0.3 is 0 Å². The molecule has 0 radical (unpaired) electrons. The summed E-state index contributed by atoms with van der Waals surface area (Å²) in [6.07, 6.45) is 2.05. The smallest absolute Gasteiger partial charge is 0.0560 e. The van der Waals surface area contributed by atoms with E-state index in [2.05, 4.69) is 24.3 Å². The SMILES string of the molecule is COCC1(c2cccc(CN)c2)CCOCC1. The van der Waals surface area contributed by atoms with E-state index in [4.69, 9.17) is 15.2 Å². The van der Waals surface area contributed by atoms with E-state index < -0.39 is 0 Å². The quantitative estimate of drug-likeness (QED) is 0.866. The second kappa shape index (κ2) is 5.63. The minimum absolute atomic E-state index is 0.109. The zero-order valence-electron chi connectivity index (χ0n) is 10.4. The molecule has 1 aliphatic heterocycles.